The Labute approximate surface area is 133 Å². The summed E-state index contributed by atoms with van der Waals surface area (Å²) in [5.41, 5.74) is 0. The fourth-order valence-electron chi connectivity index (χ4n) is 1.85. The van der Waals surface area contributed by atoms with E-state index in [0.29, 0.717) is 11.5 Å². The highest BCUT2D eigenvalue weighted by Crippen LogP contribution is 2.26. The van der Waals surface area contributed by atoms with E-state index in [4.69, 9.17) is 20.8 Å². The number of aliphatic hydroxyl groups excluding tert-OH is 1. The fraction of sp³-hybridized carbons (Fsp3) is 0.286. The highest BCUT2D eigenvalue weighted by molar-refractivity contribution is 7.89. The van der Waals surface area contributed by atoms with E-state index < -0.39 is 16.1 Å². The number of methoxy groups -OCH3 is 1. The van der Waals surface area contributed by atoms with Gasteiger partial charge in [0.1, 0.15) is 17.6 Å². The van der Waals surface area contributed by atoms with Crippen LogP contribution in [0.15, 0.2) is 45.9 Å². The van der Waals surface area contributed by atoms with Crippen LogP contribution in [0.2, 0.25) is 5.02 Å². The van der Waals surface area contributed by atoms with Crippen LogP contribution in [0.3, 0.4) is 0 Å². The summed E-state index contributed by atoms with van der Waals surface area (Å²) in [5, 5.41) is 10.0. The Hall–Kier alpha value is -1.54. The van der Waals surface area contributed by atoms with Crippen LogP contribution in [0.5, 0.6) is 5.75 Å². The second-order valence-corrected chi connectivity index (χ2v) is 6.69. The monoisotopic (exact) mass is 345 g/mol. The third-order valence-electron chi connectivity index (χ3n) is 3.02. The number of ether oxygens (including phenoxy) is 1. The molecular formula is C14H16ClNO5S. The lowest BCUT2D eigenvalue weighted by atomic mass is 10.2. The van der Waals surface area contributed by atoms with Gasteiger partial charge in [-0.1, -0.05) is 11.6 Å². The summed E-state index contributed by atoms with van der Waals surface area (Å²) >= 11 is 5.92. The normalized spacial score (nSPS) is 13.0. The number of rotatable bonds is 7. The first-order chi connectivity index (χ1) is 10.4. The van der Waals surface area contributed by atoms with Gasteiger partial charge in [-0.15, -0.1) is 0 Å². The van der Waals surface area contributed by atoms with E-state index in [1.807, 2.05) is 0 Å². The van der Waals surface area contributed by atoms with Gasteiger partial charge in [0.2, 0.25) is 10.0 Å². The minimum absolute atomic E-state index is 0.0331. The Bertz CT molecular complexity index is 715. The van der Waals surface area contributed by atoms with E-state index in [-0.39, 0.29) is 22.9 Å². The topological polar surface area (TPSA) is 88.8 Å². The predicted octanol–water partition coefficient (Wildman–Crippen LogP) is 2.34. The predicted molar refractivity (Wildman–Crippen MR) is 81.5 cm³/mol. The van der Waals surface area contributed by atoms with Gasteiger partial charge < -0.3 is 14.3 Å². The Kier molecular flexibility index (Phi) is 5.47. The maximum Gasteiger partial charge on any atom is 0.240 e. The van der Waals surface area contributed by atoms with E-state index >= 15 is 0 Å². The Morgan fingerprint density at radius 2 is 2.18 bits per heavy atom. The van der Waals surface area contributed by atoms with Crippen molar-refractivity contribution in [2.75, 3.05) is 13.7 Å². The quantitative estimate of drug-likeness (QED) is 0.804. The molecule has 0 spiro atoms. The number of halogens is 1. The molecule has 1 unspecified atom stereocenters. The van der Waals surface area contributed by atoms with E-state index in [1.165, 1.54) is 31.6 Å². The van der Waals surface area contributed by atoms with Crippen molar-refractivity contribution in [3.8, 4) is 5.75 Å². The molecule has 0 saturated heterocycles. The molecule has 0 aliphatic rings. The zero-order valence-electron chi connectivity index (χ0n) is 11.8. The lowest BCUT2D eigenvalue weighted by Crippen LogP contribution is -2.26. The fourth-order valence-corrected chi connectivity index (χ4v) is 3.25. The van der Waals surface area contributed by atoms with Crippen LogP contribution in [0.25, 0.3) is 0 Å². The number of hydrogen-bond donors (Lipinski definition) is 2. The molecule has 0 aliphatic heterocycles. The van der Waals surface area contributed by atoms with Crippen molar-refractivity contribution in [1.29, 1.82) is 0 Å². The highest BCUT2D eigenvalue weighted by Gasteiger charge is 2.17. The average Bonchev–Trinajstić information content (AvgIpc) is 3.01. The van der Waals surface area contributed by atoms with Crippen LogP contribution in [0, 0.1) is 0 Å². The van der Waals surface area contributed by atoms with Crippen LogP contribution in [-0.4, -0.2) is 27.2 Å². The van der Waals surface area contributed by atoms with Crippen molar-refractivity contribution in [2.24, 2.45) is 0 Å². The zero-order valence-corrected chi connectivity index (χ0v) is 13.4. The summed E-state index contributed by atoms with van der Waals surface area (Å²) in [6.45, 7) is 0.0633. The van der Waals surface area contributed by atoms with Crippen molar-refractivity contribution in [1.82, 2.24) is 4.72 Å². The third kappa shape index (κ3) is 4.01. The molecule has 6 nitrogen and oxygen atoms in total. The van der Waals surface area contributed by atoms with Gasteiger partial charge in [0.15, 0.2) is 0 Å². The summed E-state index contributed by atoms with van der Waals surface area (Å²) in [7, 11) is -2.26. The summed E-state index contributed by atoms with van der Waals surface area (Å²) in [5.74, 6) is 0.792. The van der Waals surface area contributed by atoms with Crippen molar-refractivity contribution in [2.45, 2.75) is 17.4 Å². The van der Waals surface area contributed by atoms with Crippen LogP contribution in [0.4, 0.5) is 0 Å². The smallest absolute Gasteiger partial charge is 0.240 e. The first-order valence-corrected chi connectivity index (χ1v) is 8.35. The van der Waals surface area contributed by atoms with Gasteiger partial charge in [0, 0.05) is 6.54 Å². The number of sulfonamides is 1. The lowest BCUT2D eigenvalue weighted by Gasteiger charge is -2.10. The van der Waals surface area contributed by atoms with Gasteiger partial charge in [-0.2, -0.15) is 0 Å². The van der Waals surface area contributed by atoms with E-state index in [0.717, 1.165) is 0 Å². The molecule has 8 heteroatoms. The van der Waals surface area contributed by atoms with Crippen LogP contribution < -0.4 is 9.46 Å². The Morgan fingerprint density at radius 3 is 2.77 bits per heavy atom. The largest absolute Gasteiger partial charge is 0.495 e. The molecular weight excluding hydrogens is 330 g/mol. The SMILES string of the molecule is COc1ccc(S(=O)(=O)NCCC(O)c2ccco2)cc1Cl. The van der Waals surface area contributed by atoms with E-state index in [1.54, 1.807) is 12.1 Å². The molecule has 0 fully saturated rings. The number of aliphatic hydroxyl groups is 1. The summed E-state index contributed by atoms with van der Waals surface area (Å²) in [6.07, 6.45) is 0.774. The minimum Gasteiger partial charge on any atom is -0.495 e. The first-order valence-electron chi connectivity index (χ1n) is 6.48. The van der Waals surface area contributed by atoms with Crippen LogP contribution in [0.1, 0.15) is 18.3 Å². The van der Waals surface area contributed by atoms with Gasteiger partial charge >= 0.3 is 0 Å². The Balaban J connectivity index is 1.98. The molecule has 0 saturated carbocycles. The molecule has 1 heterocycles. The molecule has 1 aromatic heterocycles. The van der Waals surface area contributed by atoms with Gasteiger partial charge in [-0.25, -0.2) is 13.1 Å². The van der Waals surface area contributed by atoms with Crippen molar-refractivity contribution in [3.05, 3.63) is 47.4 Å². The molecule has 120 valence electrons. The van der Waals surface area contributed by atoms with Crippen molar-refractivity contribution in [3.63, 3.8) is 0 Å². The summed E-state index contributed by atoms with van der Waals surface area (Å²) in [4.78, 5) is 0.0331. The highest BCUT2D eigenvalue weighted by atomic mass is 35.5. The molecule has 0 aliphatic carbocycles. The number of furan rings is 1. The molecule has 2 rings (SSSR count). The average molecular weight is 346 g/mol. The second-order valence-electron chi connectivity index (χ2n) is 4.51. The third-order valence-corrected chi connectivity index (χ3v) is 4.77. The minimum atomic E-state index is -3.70. The van der Waals surface area contributed by atoms with Gasteiger partial charge in [0.25, 0.3) is 0 Å². The van der Waals surface area contributed by atoms with E-state index in [9.17, 15) is 13.5 Å². The van der Waals surface area contributed by atoms with E-state index in [2.05, 4.69) is 4.72 Å². The molecule has 2 N–H and O–H groups in total. The maximum absolute atomic E-state index is 12.1. The maximum atomic E-state index is 12.1. The summed E-state index contributed by atoms with van der Waals surface area (Å²) in [6, 6.07) is 7.47. The molecule has 0 amide bonds. The van der Waals surface area contributed by atoms with Gasteiger partial charge in [-0.3, -0.25) is 0 Å². The number of hydrogen-bond acceptors (Lipinski definition) is 5. The molecule has 0 radical (unpaired) electrons. The van der Waals surface area contributed by atoms with Crippen molar-refractivity contribution >= 4 is 21.6 Å². The van der Waals surface area contributed by atoms with Crippen molar-refractivity contribution < 1.29 is 22.7 Å². The summed E-state index contributed by atoms with van der Waals surface area (Å²) < 4.78 is 36.7. The van der Waals surface area contributed by atoms with Crippen LogP contribution >= 0.6 is 11.6 Å². The lowest BCUT2D eigenvalue weighted by molar-refractivity contribution is 0.142. The molecule has 1 aromatic carbocycles. The zero-order chi connectivity index (χ0) is 16.2. The molecule has 22 heavy (non-hydrogen) atoms. The second kappa shape index (κ2) is 7.15. The van der Waals surface area contributed by atoms with Gasteiger partial charge in [-0.05, 0) is 36.8 Å². The van der Waals surface area contributed by atoms with Gasteiger partial charge in [0.05, 0.1) is 23.3 Å². The molecule has 2 aromatic rings. The standard InChI is InChI=1S/C14H16ClNO5S/c1-20-13-5-4-10(9-11(13)15)22(18,19)16-7-6-12(17)14-3-2-8-21-14/h2-5,8-9,12,16-17H,6-7H2,1H3. The number of benzene rings is 1. The Morgan fingerprint density at radius 1 is 1.41 bits per heavy atom. The molecule has 1 atom stereocenters. The number of nitrogens with one attached hydrogen (secondary N) is 1. The first kappa shape index (κ1) is 16.8. The molecule has 0 bridgehead atoms. The van der Waals surface area contributed by atoms with Crippen LogP contribution in [-0.2, 0) is 10.0 Å².